The number of hydrogen-bond acceptors (Lipinski definition) is 1. The lowest BCUT2D eigenvalue weighted by molar-refractivity contribution is -0.124. The third-order valence-electron chi connectivity index (χ3n) is 4.37. The van der Waals surface area contributed by atoms with Crippen molar-refractivity contribution in [1.82, 2.24) is 0 Å². The van der Waals surface area contributed by atoms with E-state index in [0.717, 1.165) is 19.3 Å². The normalized spacial score (nSPS) is 22.3. The van der Waals surface area contributed by atoms with E-state index in [2.05, 4.69) is 50.8 Å². The predicted molar refractivity (Wildman–Crippen MR) is 84.2 cm³/mol. The highest BCUT2D eigenvalue weighted by atomic mass is 28.3. The lowest BCUT2D eigenvalue weighted by Crippen LogP contribution is -2.40. The van der Waals surface area contributed by atoms with Gasteiger partial charge in [0.2, 0.25) is 0 Å². The van der Waals surface area contributed by atoms with Crippen LogP contribution in [-0.2, 0) is 4.79 Å². The first-order valence-corrected chi connectivity index (χ1v) is 11.1. The summed E-state index contributed by atoms with van der Waals surface area (Å²) in [6.07, 6.45) is 4.23. The molecule has 1 nitrogen and oxygen atoms in total. The molecule has 0 heterocycles. The number of carbonyl (C=O) groups excluding carboxylic acids is 1. The molecule has 2 heteroatoms. The van der Waals surface area contributed by atoms with Gasteiger partial charge in [-0.05, 0) is 30.9 Å². The Morgan fingerprint density at radius 1 is 1.11 bits per heavy atom. The van der Waals surface area contributed by atoms with Crippen LogP contribution in [-0.4, -0.2) is 13.9 Å². The predicted octanol–water partition coefficient (Wildman–Crippen LogP) is 4.72. The van der Waals surface area contributed by atoms with E-state index >= 15 is 0 Å². The molecule has 0 spiro atoms. The van der Waals surface area contributed by atoms with Crippen LogP contribution in [0.1, 0.15) is 42.4 Å². The molecule has 0 bridgehead atoms. The molecule has 0 aromatic heterocycles. The van der Waals surface area contributed by atoms with E-state index in [1.807, 2.05) is 0 Å². The fraction of sp³-hybridized carbons (Fsp3) is 0.588. The van der Waals surface area contributed by atoms with E-state index in [1.165, 1.54) is 17.5 Å². The Morgan fingerprint density at radius 3 is 2.26 bits per heavy atom. The molecule has 0 N–H and O–H groups in total. The zero-order chi connectivity index (χ0) is 14.0. The van der Waals surface area contributed by atoms with E-state index in [1.54, 1.807) is 0 Å². The molecular weight excluding hydrogens is 248 g/mol. The molecule has 104 valence electrons. The Kier molecular flexibility index (Phi) is 4.29. The quantitative estimate of drug-likeness (QED) is 0.729. The molecule has 2 rings (SSSR count). The molecule has 2 unspecified atom stereocenters. The molecule has 1 saturated carbocycles. The molecule has 1 aromatic carbocycles. The van der Waals surface area contributed by atoms with Gasteiger partial charge in [-0.2, -0.15) is 0 Å². The summed E-state index contributed by atoms with van der Waals surface area (Å²) in [6, 6.07) is 8.88. The Morgan fingerprint density at radius 2 is 1.74 bits per heavy atom. The maximum absolute atomic E-state index is 12.3. The third kappa shape index (κ3) is 3.36. The number of carbonyl (C=O) groups is 1. The maximum atomic E-state index is 12.3. The zero-order valence-electron chi connectivity index (χ0n) is 12.7. The standard InChI is InChI=1S/C17H26OSi/c1-13-9-11-14(12-10-13)17(19(2,3)4)15-7-5-6-8-16(15)18/h9-12,15,17H,5-8H2,1-4H3. The van der Waals surface area contributed by atoms with Crippen molar-refractivity contribution < 1.29 is 4.79 Å². The molecule has 1 aromatic rings. The van der Waals surface area contributed by atoms with Crippen LogP contribution >= 0.6 is 0 Å². The summed E-state index contributed by atoms with van der Waals surface area (Å²) in [6.45, 7) is 9.33. The van der Waals surface area contributed by atoms with Gasteiger partial charge < -0.3 is 0 Å². The first-order chi connectivity index (χ1) is 8.89. The fourth-order valence-corrected chi connectivity index (χ4v) is 6.22. The van der Waals surface area contributed by atoms with E-state index in [-0.39, 0.29) is 5.92 Å². The summed E-state index contributed by atoms with van der Waals surface area (Å²) in [5.74, 6) is 0.794. The average Bonchev–Trinajstić information content (AvgIpc) is 2.33. The second-order valence-electron chi connectivity index (χ2n) is 7.07. The van der Waals surface area contributed by atoms with Gasteiger partial charge in [0.25, 0.3) is 0 Å². The summed E-state index contributed by atoms with van der Waals surface area (Å²) in [4.78, 5) is 12.3. The minimum Gasteiger partial charge on any atom is -0.299 e. The highest BCUT2D eigenvalue weighted by molar-refractivity contribution is 6.77. The van der Waals surface area contributed by atoms with Gasteiger partial charge in [-0.3, -0.25) is 4.79 Å². The van der Waals surface area contributed by atoms with Gasteiger partial charge >= 0.3 is 0 Å². The van der Waals surface area contributed by atoms with Crippen LogP contribution in [0.3, 0.4) is 0 Å². The van der Waals surface area contributed by atoms with Crippen molar-refractivity contribution in [3.63, 3.8) is 0 Å². The Hall–Kier alpha value is -0.893. The number of rotatable bonds is 3. The highest BCUT2D eigenvalue weighted by Crippen LogP contribution is 2.40. The average molecular weight is 274 g/mol. The molecule has 0 saturated heterocycles. The van der Waals surface area contributed by atoms with E-state index in [9.17, 15) is 4.79 Å². The second-order valence-corrected chi connectivity index (χ2v) is 12.4. The molecule has 1 aliphatic carbocycles. The van der Waals surface area contributed by atoms with Gasteiger partial charge in [0.1, 0.15) is 5.78 Å². The van der Waals surface area contributed by atoms with Crippen LogP contribution < -0.4 is 0 Å². The van der Waals surface area contributed by atoms with Gasteiger partial charge in [0.05, 0.1) is 8.07 Å². The van der Waals surface area contributed by atoms with Crippen molar-refractivity contribution in [3.05, 3.63) is 35.4 Å². The van der Waals surface area contributed by atoms with Crippen molar-refractivity contribution in [2.45, 2.75) is 57.8 Å². The van der Waals surface area contributed by atoms with E-state index in [0.29, 0.717) is 11.3 Å². The van der Waals surface area contributed by atoms with Crippen LogP contribution in [0.15, 0.2) is 24.3 Å². The SMILES string of the molecule is Cc1ccc(C(C2CCCCC2=O)[Si](C)(C)C)cc1. The fourth-order valence-electron chi connectivity index (χ4n) is 3.47. The van der Waals surface area contributed by atoms with Crippen LogP contribution in [0.4, 0.5) is 0 Å². The summed E-state index contributed by atoms with van der Waals surface area (Å²) < 4.78 is 0. The molecule has 1 aliphatic rings. The van der Waals surface area contributed by atoms with Crippen molar-refractivity contribution >= 4 is 13.9 Å². The molecule has 19 heavy (non-hydrogen) atoms. The maximum Gasteiger partial charge on any atom is 0.136 e. The van der Waals surface area contributed by atoms with E-state index in [4.69, 9.17) is 0 Å². The first kappa shape index (κ1) is 14.5. The second kappa shape index (κ2) is 5.62. The molecule has 0 amide bonds. The van der Waals surface area contributed by atoms with Crippen LogP contribution in [0.5, 0.6) is 0 Å². The number of ketones is 1. The first-order valence-electron chi connectivity index (χ1n) is 7.49. The highest BCUT2D eigenvalue weighted by Gasteiger charge is 2.39. The van der Waals surface area contributed by atoms with E-state index < -0.39 is 8.07 Å². The summed E-state index contributed by atoms with van der Waals surface area (Å²) in [5, 5.41) is 0. The number of benzene rings is 1. The van der Waals surface area contributed by atoms with Gasteiger partial charge in [0, 0.05) is 12.3 Å². The Bertz CT molecular complexity index is 441. The Labute approximate surface area is 118 Å². The van der Waals surface area contributed by atoms with Crippen molar-refractivity contribution in [2.75, 3.05) is 0 Å². The molecule has 0 aliphatic heterocycles. The molecule has 0 radical (unpaired) electrons. The lowest BCUT2D eigenvalue weighted by Gasteiger charge is -2.37. The molecule has 2 atom stereocenters. The topological polar surface area (TPSA) is 17.1 Å². The van der Waals surface area contributed by atoms with Gasteiger partial charge in [-0.1, -0.05) is 55.9 Å². The number of Topliss-reactive ketones (excluding diaryl/α,β-unsaturated/α-hetero) is 1. The minimum absolute atomic E-state index is 0.281. The Balaban J connectivity index is 2.35. The van der Waals surface area contributed by atoms with Crippen LogP contribution in [0, 0.1) is 12.8 Å². The monoisotopic (exact) mass is 274 g/mol. The molecular formula is C17H26OSi. The largest absolute Gasteiger partial charge is 0.299 e. The summed E-state index contributed by atoms with van der Waals surface area (Å²) in [5.41, 5.74) is 3.18. The third-order valence-corrected chi connectivity index (χ3v) is 6.98. The number of hydrogen-bond donors (Lipinski definition) is 0. The van der Waals surface area contributed by atoms with Gasteiger partial charge in [-0.25, -0.2) is 0 Å². The smallest absolute Gasteiger partial charge is 0.136 e. The minimum atomic E-state index is -1.39. The van der Waals surface area contributed by atoms with Gasteiger partial charge in [-0.15, -0.1) is 0 Å². The molecule has 1 fully saturated rings. The van der Waals surface area contributed by atoms with Crippen LogP contribution in [0.2, 0.25) is 19.6 Å². The zero-order valence-corrected chi connectivity index (χ0v) is 13.7. The summed E-state index contributed by atoms with van der Waals surface area (Å²) in [7, 11) is -1.39. The van der Waals surface area contributed by atoms with Crippen molar-refractivity contribution in [2.24, 2.45) is 5.92 Å². The van der Waals surface area contributed by atoms with Crippen LogP contribution in [0.25, 0.3) is 0 Å². The lowest BCUT2D eigenvalue weighted by atomic mass is 9.83. The summed E-state index contributed by atoms with van der Waals surface area (Å²) >= 11 is 0. The van der Waals surface area contributed by atoms with Gasteiger partial charge in [0.15, 0.2) is 0 Å². The van der Waals surface area contributed by atoms with Crippen molar-refractivity contribution in [1.29, 1.82) is 0 Å². The van der Waals surface area contributed by atoms with Crippen molar-refractivity contribution in [3.8, 4) is 0 Å². The number of aryl methyl sites for hydroxylation is 1.